The second-order valence-electron chi connectivity index (χ2n) is 7.60. The molecule has 1 aliphatic heterocycles. The predicted molar refractivity (Wildman–Crippen MR) is 108 cm³/mol. The molecule has 32 heavy (non-hydrogen) atoms. The number of likely N-dealkylation sites (tertiary alicyclic amines) is 1. The first-order valence-corrected chi connectivity index (χ1v) is 9.99. The van der Waals surface area contributed by atoms with Crippen molar-refractivity contribution in [1.82, 2.24) is 15.5 Å². The van der Waals surface area contributed by atoms with Crippen LogP contribution in [0.1, 0.15) is 39.0 Å². The second-order valence-corrected chi connectivity index (χ2v) is 7.60. The van der Waals surface area contributed by atoms with Crippen LogP contribution in [0.2, 0.25) is 0 Å². The van der Waals surface area contributed by atoms with Crippen molar-refractivity contribution in [2.45, 2.75) is 69.3 Å². The van der Waals surface area contributed by atoms with Gasteiger partial charge in [0, 0.05) is 13.0 Å². The van der Waals surface area contributed by atoms with E-state index in [2.05, 4.69) is 10.6 Å². The van der Waals surface area contributed by atoms with Gasteiger partial charge in [0.25, 0.3) is 0 Å². The van der Waals surface area contributed by atoms with Gasteiger partial charge in [0.2, 0.25) is 29.5 Å². The van der Waals surface area contributed by atoms with E-state index in [9.17, 15) is 39.0 Å². The molecule has 0 bridgehead atoms. The molecule has 0 saturated carbocycles. The molecular weight excluding hydrogens is 428 g/mol. The van der Waals surface area contributed by atoms with E-state index in [-0.39, 0.29) is 25.8 Å². The zero-order valence-electron chi connectivity index (χ0n) is 17.7. The summed E-state index contributed by atoms with van der Waals surface area (Å²) in [5, 5.41) is 23.6. The molecule has 1 aliphatic rings. The van der Waals surface area contributed by atoms with Crippen molar-refractivity contribution in [1.29, 1.82) is 0 Å². The van der Waals surface area contributed by atoms with Crippen LogP contribution in [0.3, 0.4) is 0 Å². The van der Waals surface area contributed by atoms with Crippen LogP contribution in [0, 0.1) is 0 Å². The van der Waals surface area contributed by atoms with Crippen molar-refractivity contribution in [2.24, 2.45) is 17.2 Å². The Hall–Kier alpha value is -3.26. The van der Waals surface area contributed by atoms with Crippen molar-refractivity contribution in [2.75, 3.05) is 6.54 Å². The molecule has 0 spiro atoms. The highest BCUT2D eigenvalue weighted by Gasteiger charge is 2.39. The number of carboxylic acid groups (broad SMARTS) is 1. The van der Waals surface area contributed by atoms with Gasteiger partial charge >= 0.3 is 5.97 Å². The van der Waals surface area contributed by atoms with Crippen molar-refractivity contribution < 1.29 is 39.0 Å². The van der Waals surface area contributed by atoms with Crippen LogP contribution in [0.15, 0.2) is 0 Å². The molecule has 14 nitrogen and oxygen atoms in total. The zero-order valence-corrected chi connectivity index (χ0v) is 17.7. The molecule has 0 aromatic rings. The number of aliphatic hydroxyl groups is 1. The predicted octanol–water partition coefficient (Wildman–Crippen LogP) is -4.12. The number of carbonyl (C=O) groups excluding carboxylic acids is 5. The average Bonchev–Trinajstić information content (AvgIpc) is 3.16. The average molecular weight is 458 g/mol. The van der Waals surface area contributed by atoms with Crippen LogP contribution >= 0.6 is 0 Å². The Morgan fingerprint density at radius 2 is 1.72 bits per heavy atom. The molecule has 1 rings (SSSR count). The number of rotatable bonds is 12. The first kappa shape index (κ1) is 26.8. The first-order valence-electron chi connectivity index (χ1n) is 9.99. The van der Waals surface area contributed by atoms with Gasteiger partial charge in [-0.1, -0.05) is 0 Å². The van der Waals surface area contributed by atoms with E-state index in [0.717, 1.165) is 0 Å². The van der Waals surface area contributed by atoms with Crippen molar-refractivity contribution in [3.8, 4) is 0 Å². The highest BCUT2D eigenvalue weighted by atomic mass is 16.4. The van der Waals surface area contributed by atoms with Crippen LogP contribution in [0.25, 0.3) is 0 Å². The van der Waals surface area contributed by atoms with Gasteiger partial charge in [0.15, 0.2) is 0 Å². The normalized spacial score (nSPS) is 19.3. The third kappa shape index (κ3) is 7.77. The van der Waals surface area contributed by atoms with Gasteiger partial charge in [0.1, 0.15) is 18.1 Å². The van der Waals surface area contributed by atoms with Gasteiger partial charge < -0.3 is 42.9 Å². The number of nitrogens with zero attached hydrogens (tertiary/aromatic N) is 1. The third-order valence-electron chi connectivity index (χ3n) is 4.93. The summed E-state index contributed by atoms with van der Waals surface area (Å²) in [4.78, 5) is 72.2. The van der Waals surface area contributed by atoms with E-state index in [0.29, 0.717) is 6.42 Å². The monoisotopic (exact) mass is 458 g/mol. The fourth-order valence-electron chi connectivity index (χ4n) is 3.28. The lowest BCUT2D eigenvalue weighted by atomic mass is 10.1. The second kappa shape index (κ2) is 12.0. The maximum absolute atomic E-state index is 12.8. The molecule has 1 heterocycles. The Morgan fingerprint density at radius 3 is 2.22 bits per heavy atom. The van der Waals surface area contributed by atoms with Crippen molar-refractivity contribution in [3.05, 3.63) is 0 Å². The molecule has 1 fully saturated rings. The Kier molecular flexibility index (Phi) is 10.00. The number of carbonyl (C=O) groups is 6. The summed E-state index contributed by atoms with van der Waals surface area (Å²) < 4.78 is 0. The van der Waals surface area contributed by atoms with Gasteiger partial charge in [-0.05, 0) is 26.2 Å². The number of carboxylic acids is 1. The highest BCUT2D eigenvalue weighted by molar-refractivity contribution is 5.95. The maximum Gasteiger partial charge on any atom is 0.326 e. The third-order valence-corrected chi connectivity index (χ3v) is 4.93. The number of hydrogen-bond donors (Lipinski definition) is 7. The van der Waals surface area contributed by atoms with Gasteiger partial charge in [-0.15, -0.1) is 0 Å². The topological polar surface area (TPSA) is 248 Å². The number of primary amides is 2. The van der Waals surface area contributed by atoms with E-state index >= 15 is 0 Å². The number of aliphatic hydroxyl groups excluding tert-OH is 1. The number of nitrogens with two attached hydrogens (primary N) is 3. The van der Waals surface area contributed by atoms with Crippen molar-refractivity contribution in [3.63, 3.8) is 0 Å². The summed E-state index contributed by atoms with van der Waals surface area (Å²) in [5.41, 5.74) is 15.7. The summed E-state index contributed by atoms with van der Waals surface area (Å²) in [7, 11) is 0. The fraction of sp³-hybridized carbons (Fsp3) is 0.667. The minimum Gasteiger partial charge on any atom is -0.480 e. The largest absolute Gasteiger partial charge is 0.480 e. The molecule has 0 aromatic carbocycles. The van der Waals surface area contributed by atoms with E-state index in [1.54, 1.807) is 0 Å². The molecule has 14 heteroatoms. The Balaban J connectivity index is 2.87. The molecule has 180 valence electrons. The number of hydrogen-bond acceptors (Lipinski definition) is 8. The minimum atomic E-state index is -1.53. The molecule has 0 aromatic heterocycles. The molecule has 0 aliphatic carbocycles. The maximum atomic E-state index is 12.8. The van der Waals surface area contributed by atoms with Crippen molar-refractivity contribution >= 4 is 35.5 Å². The quantitative estimate of drug-likeness (QED) is 0.150. The molecule has 5 amide bonds. The van der Waals surface area contributed by atoms with E-state index < -0.39 is 72.2 Å². The van der Waals surface area contributed by atoms with Gasteiger partial charge in [0.05, 0.1) is 18.6 Å². The number of aliphatic carboxylic acids is 1. The van der Waals surface area contributed by atoms with Crippen LogP contribution < -0.4 is 27.8 Å². The lowest BCUT2D eigenvalue weighted by Gasteiger charge is -2.29. The molecular formula is C18H30N6O8. The van der Waals surface area contributed by atoms with Gasteiger partial charge in [-0.3, -0.25) is 24.0 Å². The molecule has 10 N–H and O–H groups in total. The van der Waals surface area contributed by atoms with Crippen LogP contribution in [0.5, 0.6) is 0 Å². The number of amides is 5. The Bertz CT molecular complexity index is 758. The smallest absolute Gasteiger partial charge is 0.326 e. The lowest BCUT2D eigenvalue weighted by molar-refractivity contribution is -0.144. The highest BCUT2D eigenvalue weighted by Crippen LogP contribution is 2.19. The molecule has 0 radical (unpaired) electrons. The summed E-state index contributed by atoms with van der Waals surface area (Å²) in [6, 6.07) is -5.22. The molecule has 5 unspecified atom stereocenters. The van der Waals surface area contributed by atoms with Crippen LogP contribution in [-0.2, 0) is 28.8 Å². The molecule has 5 atom stereocenters. The standard InChI is InChI=1S/C18H30N6O8/c1-8(25)14(16(29)22-10(18(31)32)4-5-12(20)26)23-15(28)11-3-2-6-24(11)17(30)9(19)7-13(21)27/h8-11,14,25H,2-7,19H2,1H3,(H2,20,26)(H2,21,27)(H,22,29)(H,23,28)(H,31,32). The van der Waals surface area contributed by atoms with Gasteiger partial charge in [-0.25, -0.2) is 4.79 Å². The van der Waals surface area contributed by atoms with Crippen LogP contribution in [-0.4, -0.2) is 87.4 Å². The lowest BCUT2D eigenvalue weighted by Crippen LogP contribution is -2.59. The number of nitrogens with one attached hydrogen (secondary N) is 2. The summed E-state index contributed by atoms with van der Waals surface area (Å²) in [5.74, 6) is -5.37. The van der Waals surface area contributed by atoms with E-state index in [1.807, 2.05) is 0 Å². The SMILES string of the molecule is CC(O)C(NC(=O)C1CCCN1C(=O)C(N)CC(N)=O)C(=O)NC(CCC(N)=O)C(=O)O. The first-order chi connectivity index (χ1) is 14.8. The van der Waals surface area contributed by atoms with E-state index in [1.165, 1.54) is 11.8 Å². The van der Waals surface area contributed by atoms with E-state index in [4.69, 9.17) is 17.2 Å². The summed E-state index contributed by atoms with van der Waals surface area (Å²) in [6.07, 6.45) is -1.66. The summed E-state index contributed by atoms with van der Waals surface area (Å²) >= 11 is 0. The van der Waals surface area contributed by atoms with Gasteiger partial charge in [-0.2, -0.15) is 0 Å². The zero-order chi connectivity index (χ0) is 24.6. The Morgan fingerprint density at radius 1 is 1.09 bits per heavy atom. The fourth-order valence-corrected chi connectivity index (χ4v) is 3.28. The van der Waals surface area contributed by atoms with Crippen LogP contribution in [0.4, 0.5) is 0 Å². The molecule has 1 saturated heterocycles. The minimum absolute atomic E-state index is 0.198. The Labute approximate surface area is 183 Å². The summed E-state index contributed by atoms with van der Waals surface area (Å²) in [6.45, 7) is 1.41.